The predicted molar refractivity (Wildman–Crippen MR) is 83.0 cm³/mol. The molecule has 0 fully saturated rings. The van der Waals surface area contributed by atoms with E-state index in [0.29, 0.717) is 22.8 Å². The van der Waals surface area contributed by atoms with E-state index in [-0.39, 0.29) is 5.56 Å². The van der Waals surface area contributed by atoms with Crippen LogP contribution in [-0.4, -0.2) is 15.0 Å². The van der Waals surface area contributed by atoms with Gasteiger partial charge in [-0.3, -0.25) is 9.78 Å². The van der Waals surface area contributed by atoms with Crippen LogP contribution in [0.5, 0.6) is 0 Å². The molecule has 4 nitrogen and oxygen atoms in total. The minimum atomic E-state index is -0.137. The van der Waals surface area contributed by atoms with Crippen LogP contribution in [0.3, 0.4) is 0 Å². The van der Waals surface area contributed by atoms with Crippen LogP contribution in [0.4, 0.5) is 0 Å². The van der Waals surface area contributed by atoms with Crippen molar-refractivity contribution in [1.82, 2.24) is 15.0 Å². The Kier molecular flexibility index (Phi) is 3.36. The molecular weight excluding hydrogens is 262 g/mol. The van der Waals surface area contributed by atoms with E-state index in [0.717, 1.165) is 11.1 Å². The lowest BCUT2D eigenvalue weighted by Crippen LogP contribution is -2.14. The van der Waals surface area contributed by atoms with Gasteiger partial charge >= 0.3 is 0 Å². The van der Waals surface area contributed by atoms with Gasteiger partial charge < -0.3 is 4.98 Å². The summed E-state index contributed by atoms with van der Waals surface area (Å²) in [5.74, 6) is 0.494. The Hall–Kier alpha value is -2.75. The molecule has 0 aliphatic rings. The lowest BCUT2D eigenvalue weighted by Gasteiger charge is -2.08. The average molecular weight is 277 g/mol. The highest BCUT2D eigenvalue weighted by molar-refractivity contribution is 5.65. The molecule has 0 unspecified atom stereocenters. The Bertz CT molecular complexity index is 838. The van der Waals surface area contributed by atoms with Crippen LogP contribution >= 0.6 is 0 Å². The van der Waals surface area contributed by atoms with Gasteiger partial charge in [-0.1, -0.05) is 30.3 Å². The number of aromatic amines is 1. The number of hydrogen-bond acceptors (Lipinski definition) is 3. The van der Waals surface area contributed by atoms with E-state index in [4.69, 9.17) is 0 Å². The fraction of sp³-hybridized carbons (Fsp3) is 0.118. The molecule has 0 aliphatic carbocycles. The second-order valence-electron chi connectivity index (χ2n) is 4.97. The van der Waals surface area contributed by atoms with E-state index in [1.165, 1.54) is 0 Å². The molecule has 2 heterocycles. The van der Waals surface area contributed by atoms with Gasteiger partial charge in [-0.2, -0.15) is 0 Å². The zero-order valence-corrected chi connectivity index (χ0v) is 11.9. The molecule has 3 rings (SSSR count). The van der Waals surface area contributed by atoms with E-state index < -0.39 is 0 Å². The first-order valence-electron chi connectivity index (χ1n) is 6.74. The third kappa shape index (κ3) is 2.60. The molecule has 0 saturated heterocycles. The monoisotopic (exact) mass is 277 g/mol. The second kappa shape index (κ2) is 5.32. The number of H-pyrrole nitrogens is 1. The summed E-state index contributed by atoms with van der Waals surface area (Å²) in [6.07, 6.45) is 1.71. The Morgan fingerprint density at radius 1 is 1.05 bits per heavy atom. The largest absolute Gasteiger partial charge is 0.305 e. The quantitative estimate of drug-likeness (QED) is 0.783. The molecule has 21 heavy (non-hydrogen) atoms. The van der Waals surface area contributed by atoms with Crippen molar-refractivity contribution >= 4 is 0 Å². The Morgan fingerprint density at radius 3 is 2.52 bits per heavy atom. The Labute approximate surface area is 122 Å². The molecule has 0 saturated carbocycles. The maximum Gasteiger partial charge on any atom is 0.254 e. The highest BCUT2D eigenvalue weighted by Crippen LogP contribution is 2.21. The minimum Gasteiger partial charge on any atom is -0.305 e. The maximum absolute atomic E-state index is 12.2. The van der Waals surface area contributed by atoms with Crippen molar-refractivity contribution in [2.45, 2.75) is 13.8 Å². The molecular formula is C17H15N3O. The van der Waals surface area contributed by atoms with Gasteiger partial charge in [0.05, 0.1) is 5.69 Å². The number of aromatic nitrogens is 3. The number of hydrogen-bond donors (Lipinski definition) is 1. The molecule has 0 amide bonds. The van der Waals surface area contributed by atoms with E-state index in [2.05, 4.69) is 15.0 Å². The molecule has 104 valence electrons. The smallest absolute Gasteiger partial charge is 0.254 e. The average Bonchev–Trinajstić information content (AvgIpc) is 2.51. The van der Waals surface area contributed by atoms with Crippen LogP contribution in [0.15, 0.2) is 53.5 Å². The molecule has 0 spiro atoms. The number of benzene rings is 1. The standard InChI is InChI=1S/C17H15N3O/c1-11-8-9-18-14(10-11)16-19-15(12(2)17(21)20-16)13-6-4-3-5-7-13/h3-10H,1-2H3,(H,19,20,21). The van der Waals surface area contributed by atoms with Gasteiger partial charge in [0.25, 0.3) is 5.56 Å². The van der Waals surface area contributed by atoms with Gasteiger partial charge in [-0.25, -0.2) is 4.98 Å². The lowest BCUT2D eigenvalue weighted by molar-refractivity contribution is 1.07. The molecule has 0 radical (unpaired) electrons. The van der Waals surface area contributed by atoms with Crippen molar-refractivity contribution in [3.63, 3.8) is 0 Å². The van der Waals surface area contributed by atoms with Crippen LogP contribution in [0.25, 0.3) is 22.8 Å². The zero-order valence-electron chi connectivity index (χ0n) is 11.9. The van der Waals surface area contributed by atoms with Crippen molar-refractivity contribution in [3.05, 3.63) is 70.1 Å². The third-order valence-corrected chi connectivity index (χ3v) is 3.36. The molecule has 0 aliphatic heterocycles. The normalized spacial score (nSPS) is 10.6. The first-order valence-corrected chi connectivity index (χ1v) is 6.74. The van der Waals surface area contributed by atoms with E-state index in [1.807, 2.05) is 49.4 Å². The van der Waals surface area contributed by atoms with E-state index in [9.17, 15) is 4.79 Å². The highest BCUT2D eigenvalue weighted by atomic mass is 16.1. The number of rotatable bonds is 2. The molecule has 3 aromatic rings. The number of pyridine rings is 1. The summed E-state index contributed by atoms with van der Waals surface area (Å²) in [6, 6.07) is 13.5. The van der Waals surface area contributed by atoms with Crippen LogP contribution in [0.2, 0.25) is 0 Å². The van der Waals surface area contributed by atoms with Gasteiger partial charge in [-0.05, 0) is 31.5 Å². The van der Waals surface area contributed by atoms with Gasteiger partial charge in [-0.15, -0.1) is 0 Å². The molecule has 1 aromatic carbocycles. The maximum atomic E-state index is 12.2. The second-order valence-corrected chi connectivity index (χ2v) is 4.97. The Balaban J connectivity index is 2.21. The van der Waals surface area contributed by atoms with Crippen molar-refractivity contribution in [1.29, 1.82) is 0 Å². The van der Waals surface area contributed by atoms with Crippen molar-refractivity contribution in [3.8, 4) is 22.8 Å². The van der Waals surface area contributed by atoms with Crippen molar-refractivity contribution in [2.24, 2.45) is 0 Å². The predicted octanol–water partition coefficient (Wildman–Crippen LogP) is 3.12. The summed E-state index contributed by atoms with van der Waals surface area (Å²) in [7, 11) is 0. The zero-order chi connectivity index (χ0) is 14.8. The first kappa shape index (κ1) is 13.2. The number of nitrogens with zero attached hydrogens (tertiary/aromatic N) is 2. The fourth-order valence-corrected chi connectivity index (χ4v) is 2.20. The van der Waals surface area contributed by atoms with Gasteiger partial charge in [0.1, 0.15) is 5.69 Å². The molecule has 4 heteroatoms. The van der Waals surface area contributed by atoms with Crippen molar-refractivity contribution < 1.29 is 0 Å². The lowest BCUT2D eigenvalue weighted by atomic mass is 10.1. The van der Waals surface area contributed by atoms with Gasteiger partial charge in [0, 0.05) is 17.3 Å². The van der Waals surface area contributed by atoms with Crippen LogP contribution in [-0.2, 0) is 0 Å². The van der Waals surface area contributed by atoms with Crippen molar-refractivity contribution in [2.75, 3.05) is 0 Å². The highest BCUT2D eigenvalue weighted by Gasteiger charge is 2.11. The summed E-state index contributed by atoms with van der Waals surface area (Å²) in [6.45, 7) is 3.76. The summed E-state index contributed by atoms with van der Waals surface area (Å²) in [5, 5.41) is 0. The minimum absolute atomic E-state index is 0.137. The molecule has 0 atom stereocenters. The third-order valence-electron chi connectivity index (χ3n) is 3.36. The van der Waals surface area contributed by atoms with Gasteiger partial charge in [0.2, 0.25) is 0 Å². The topological polar surface area (TPSA) is 58.6 Å². The number of aryl methyl sites for hydroxylation is 1. The summed E-state index contributed by atoms with van der Waals surface area (Å²) < 4.78 is 0. The summed E-state index contributed by atoms with van der Waals surface area (Å²) in [5.41, 5.74) is 3.83. The van der Waals surface area contributed by atoms with Crippen LogP contribution < -0.4 is 5.56 Å². The first-order chi connectivity index (χ1) is 10.1. The van der Waals surface area contributed by atoms with Gasteiger partial charge in [0.15, 0.2) is 5.82 Å². The van der Waals surface area contributed by atoms with Crippen LogP contribution in [0.1, 0.15) is 11.1 Å². The Morgan fingerprint density at radius 2 is 1.81 bits per heavy atom. The summed E-state index contributed by atoms with van der Waals surface area (Å²) >= 11 is 0. The molecule has 0 bridgehead atoms. The summed E-state index contributed by atoms with van der Waals surface area (Å²) in [4.78, 5) is 23.8. The SMILES string of the molecule is Cc1ccnc(-c2nc(-c3ccccc3)c(C)c(=O)[nH]2)c1. The number of nitrogens with one attached hydrogen (secondary N) is 1. The molecule has 2 aromatic heterocycles. The van der Waals surface area contributed by atoms with Crippen LogP contribution in [0, 0.1) is 13.8 Å². The fourth-order valence-electron chi connectivity index (χ4n) is 2.20. The molecule has 1 N–H and O–H groups in total. The van der Waals surface area contributed by atoms with E-state index in [1.54, 1.807) is 13.1 Å². The van der Waals surface area contributed by atoms with E-state index >= 15 is 0 Å².